The van der Waals surface area contributed by atoms with Crippen LogP contribution in [0.15, 0.2) is 24.3 Å². The maximum absolute atomic E-state index is 12.1. The molecule has 0 fully saturated rings. The van der Waals surface area contributed by atoms with Crippen molar-refractivity contribution in [2.24, 2.45) is 0 Å². The van der Waals surface area contributed by atoms with Gasteiger partial charge in [0.2, 0.25) is 0 Å². The number of hydrogen-bond donors (Lipinski definition) is 3. The number of rotatable bonds is 8. The van der Waals surface area contributed by atoms with Gasteiger partial charge in [-0.15, -0.1) is 0 Å². The molecule has 4 nitrogen and oxygen atoms in total. The number of carbonyl (C=O) groups is 1. The number of hydrogen-bond acceptors (Lipinski definition) is 3. The summed E-state index contributed by atoms with van der Waals surface area (Å²) in [5.41, 5.74) is 2.34. The zero-order valence-corrected chi connectivity index (χ0v) is 14.8. The number of aliphatic hydroxyl groups excluding tert-OH is 1. The van der Waals surface area contributed by atoms with Gasteiger partial charge in [-0.1, -0.05) is 38.1 Å². The summed E-state index contributed by atoms with van der Waals surface area (Å²) in [6.45, 7) is 6.99. The summed E-state index contributed by atoms with van der Waals surface area (Å²) in [6.07, 6.45) is 2.57. The highest BCUT2D eigenvalue weighted by atomic mass is 32.2. The first-order valence-corrected chi connectivity index (χ1v) is 9.00. The maximum atomic E-state index is 12.1. The van der Waals surface area contributed by atoms with Crippen LogP contribution >= 0.6 is 11.8 Å². The van der Waals surface area contributed by atoms with Gasteiger partial charge in [0, 0.05) is 30.4 Å². The Morgan fingerprint density at radius 3 is 2.64 bits per heavy atom. The van der Waals surface area contributed by atoms with Gasteiger partial charge in [0.1, 0.15) is 0 Å². The molecule has 0 radical (unpaired) electrons. The van der Waals surface area contributed by atoms with E-state index in [1.807, 2.05) is 18.4 Å². The number of amides is 2. The van der Waals surface area contributed by atoms with E-state index in [0.717, 1.165) is 5.75 Å². The summed E-state index contributed by atoms with van der Waals surface area (Å²) >= 11 is 1.66. The lowest BCUT2D eigenvalue weighted by atomic mass is 9.82. The summed E-state index contributed by atoms with van der Waals surface area (Å²) in [7, 11) is 0. The zero-order valence-electron chi connectivity index (χ0n) is 14.0. The quantitative estimate of drug-likeness (QED) is 0.689. The Morgan fingerprint density at radius 1 is 1.36 bits per heavy atom. The summed E-state index contributed by atoms with van der Waals surface area (Å²) in [5, 5.41) is 14.9. The van der Waals surface area contributed by atoms with Crippen molar-refractivity contribution in [3.8, 4) is 0 Å². The van der Waals surface area contributed by atoms with E-state index in [1.54, 1.807) is 11.8 Å². The van der Waals surface area contributed by atoms with Crippen LogP contribution in [-0.4, -0.2) is 42.3 Å². The summed E-state index contributed by atoms with van der Waals surface area (Å²) in [6, 6.07) is 8.08. The first kappa shape index (κ1) is 18.8. The summed E-state index contributed by atoms with van der Waals surface area (Å²) in [5.74, 6) is 0.801. The molecule has 124 valence electrons. The van der Waals surface area contributed by atoms with E-state index in [2.05, 4.69) is 43.5 Å². The number of urea groups is 1. The third kappa shape index (κ3) is 5.89. The number of benzene rings is 1. The molecule has 0 aliphatic heterocycles. The highest BCUT2D eigenvalue weighted by Crippen LogP contribution is 2.25. The second kappa shape index (κ2) is 9.06. The predicted molar refractivity (Wildman–Crippen MR) is 94.6 cm³/mol. The molecule has 1 rings (SSSR count). The van der Waals surface area contributed by atoms with Crippen LogP contribution in [-0.2, 0) is 5.41 Å². The molecule has 1 atom stereocenters. The zero-order chi connectivity index (χ0) is 16.6. The number of aliphatic hydroxyl groups is 1. The van der Waals surface area contributed by atoms with Gasteiger partial charge in [-0.25, -0.2) is 4.79 Å². The molecule has 5 heteroatoms. The number of aryl methyl sites for hydroxylation is 1. The monoisotopic (exact) mass is 324 g/mol. The lowest BCUT2D eigenvalue weighted by molar-refractivity contribution is 0.229. The average Bonchev–Trinajstić information content (AvgIpc) is 2.46. The van der Waals surface area contributed by atoms with E-state index >= 15 is 0 Å². The van der Waals surface area contributed by atoms with Crippen molar-refractivity contribution in [3.63, 3.8) is 0 Å². The third-order valence-electron chi connectivity index (χ3n) is 3.75. The van der Waals surface area contributed by atoms with Crippen LogP contribution in [0.2, 0.25) is 0 Å². The molecule has 0 aliphatic carbocycles. The van der Waals surface area contributed by atoms with Crippen molar-refractivity contribution in [2.75, 3.05) is 25.2 Å². The minimum atomic E-state index is -0.172. The number of carbonyl (C=O) groups excluding carboxylic acids is 1. The third-order valence-corrected chi connectivity index (χ3v) is 4.48. The van der Waals surface area contributed by atoms with E-state index in [-0.39, 0.29) is 24.1 Å². The smallest absolute Gasteiger partial charge is 0.315 e. The fraction of sp³-hybridized carbons (Fsp3) is 0.588. The van der Waals surface area contributed by atoms with Crippen molar-refractivity contribution in [1.29, 1.82) is 0 Å². The van der Waals surface area contributed by atoms with Gasteiger partial charge in [-0.2, -0.15) is 11.8 Å². The predicted octanol–water partition coefficient (Wildman–Crippen LogP) is 2.69. The Balaban J connectivity index is 2.57. The molecular weight excluding hydrogens is 296 g/mol. The highest BCUT2D eigenvalue weighted by Gasteiger charge is 2.23. The molecule has 0 heterocycles. The van der Waals surface area contributed by atoms with Crippen LogP contribution < -0.4 is 10.6 Å². The minimum Gasteiger partial charge on any atom is -0.396 e. The van der Waals surface area contributed by atoms with E-state index in [4.69, 9.17) is 5.11 Å². The molecule has 0 saturated carbocycles. The van der Waals surface area contributed by atoms with Crippen LogP contribution in [0, 0.1) is 6.92 Å². The molecule has 22 heavy (non-hydrogen) atoms. The van der Waals surface area contributed by atoms with Gasteiger partial charge >= 0.3 is 6.03 Å². The second-order valence-electron chi connectivity index (χ2n) is 6.19. The molecule has 1 aromatic carbocycles. The minimum absolute atomic E-state index is 0.00146. The van der Waals surface area contributed by atoms with Crippen molar-refractivity contribution in [1.82, 2.24) is 10.6 Å². The van der Waals surface area contributed by atoms with E-state index in [9.17, 15) is 4.79 Å². The Labute approximate surface area is 138 Å². The first-order chi connectivity index (χ1) is 10.4. The van der Waals surface area contributed by atoms with Crippen molar-refractivity contribution < 1.29 is 9.90 Å². The van der Waals surface area contributed by atoms with Crippen LogP contribution in [0.3, 0.4) is 0 Å². The SMILES string of the molecule is CSCC(CCO)NC(=O)NCC(C)(C)c1ccccc1C. The highest BCUT2D eigenvalue weighted by molar-refractivity contribution is 7.98. The lowest BCUT2D eigenvalue weighted by Crippen LogP contribution is -2.47. The molecule has 0 spiro atoms. The lowest BCUT2D eigenvalue weighted by Gasteiger charge is -2.28. The first-order valence-electron chi connectivity index (χ1n) is 7.61. The van der Waals surface area contributed by atoms with Crippen molar-refractivity contribution in [3.05, 3.63) is 35.4 Å². The fourth-order valence-electron chi connectivity index (χ4n) is 2.52. The molecular formula is C17H28N2O2S. The second-order valence-corrected chi connectivity index (χ2v) is 7.10. The Morgan fingerprint density at radius 2 is 2.05 bits per heavy atom. The Bertz CT molecular complexity index is 471. The molecule has 0 aromatic heterocycles. The van der Waals surface area contributed by atoms with Crippen LogP contribution in [0.25, 0.3) is 0 Å². The average molecular weight is 324 g/mol. The fourth-order valence-corrected chi connectivity index (χ4v) is 3.17. The molecule has 3 N–H and O–H groups in total. The molecule has 1 unspecified atom stereocenters. The molecule has 0 aliphatic rings. The van der Waals surface area contributed by atoms with Gasteiger partial charge in [-0.05, 0) is 30.7 Å². The van der Waals surface area contributed by atoms with Crippen molar-refractivity contribution in [2.45, 2.75) is 38.6 Å². The number of thioether (sulfide) groups is 1. The van der Waals surface area contributed by atoms with Gasteiger partial charge in [-0.3, -0.25) is 0 Å². The van der Waals surface area contributed by atoms with Gasteiger partial charge in [0.25, 0.3) is 0 Å². The van der Waals surface area contributed by atoms with E-state index < -0.39 is 0 Å². The van der Waals surface area contributed by atoms with Gasteiger partial charge < -0.3 is 15.7 Å². The van der Waals surface area contributed by atoms with Crippen LogP contribution in [0.1, 0.15) is 31.4 Å². The van der Waals surface area contributed by atoms with Gasteiger partial charge in [0.05, 0.1) is 0 Å². The van der Waals surface area contributed by atoms with Crippen molar-refractivity contribution >= 4 is 17.8 Å². The standard InChI is InChI=1S/C17H28N2O2S/c1-13-7-5-6-8-15(13)17(2,3)12-18-16(21)19-14(9-10-20)11-22-4/h5-8,14,20H,9-12H2,1-4H3,(H2,18,19,21). The molecule has 1 aromatic rings. The van der Waals surface area contributed by atoms with E-state index in [1.165, 1.54) is 11.1 Å². The molecule has 0 bridgehead atoms. The normalized spacial score (nSPS) is 12.8. The Hall–Kier alpha value is -1.20. The molecule has 0 saturated heterocycles. The van der Waals surface area contributed by atoms with Gasteiger partial charge in [0.15, 0.2) is 0 Å². The van der Waals surface area contributed by atoms with Crippen LogP contribution in [0.4, 0.5) is 4.79 Å². The molecule has 2 amide bonds. The number of nitrogens with one attached hydrogen (secondary N) is 2. The topological polar surface area (TPSA) is 61.4 Å². The largest absolute Gasteiger partial charge is 0.396 e. The summed E-state index contributed by atoms with van der Waals surface area (Å²) in [4.78, 5) is 12.1. The summed E-state index contributed by atoms with van der Waals surface area (Å²) < 4.78 is 0. The van der Waals surface area contributed by atoms with Crippen LogP contribution in [0.5, 0.6) is 0 Å². The Kier molecular flexibility index (Phi) is 7.76. The van der Waals surface area contributed by atoms with E-state index in [0.29, 0.717) is 13.0 Å². The maximum Gasteiger partial charge on any atom is 0.315 e.